The van der Waals surface area contributed by atoms with Gasteiger partial charge in [0.05, 0.1) is 0 Å². The fraction of sp³-hybridized carbons (Fsp3) is 0.300. The van der Waals surface area contributed by atoms with Gasteiger partial charge in [0.25, 0.3) is 0 Å². The number of nitrogens with two attached hydrogens (primary N) is 2. The Kier molecular flexibility index (Phi) is 4.65. The fourth-order valence-electron chi connectivity index (χ4n) is 3.46. The van der Waals surface area contributed by atoms with Gasteiger partial charge < -0.3 is 22.1 Å². The number of nitrogen functional groups attached to an aromatic ring is 2. The molecule has 1 aliphatic rings. The normalized spacial score (nSPS) is 23.2. The largest absolute Gasteiger partial charge is 0.399 e. The zero-order chi connectivity index (χ0) is 17.1. The molecule has 126 valence electrons. The summed E-state index contributed by atoms with van der Waals surface area (Å²) in [4.78, 5) is 0. The molecule has 0 saturated heterocycles. The molecule has 6 N–H and O–H groups in total. The summed E-state index contributed by atoms with van der Waals surface area (Å²) in [6.45, 7) is 7.44. The SMILES string of the molecule is C=C1CC(C)C(Nc2ccc(N)cc2)C1CNc1ccc(N)cc1. The summed E-state index contributed by atoms with van der Waals surface area (Å²) >= 11 is 0. The Labute approximate surface area is 143 Å². The molecule has 0 heterocycles. The van der Waals surface area contributed by atoms with Gasteiger partial charge in [-0.25, -0.2) is 0 Å². The minimum absolute atomic E-state index is 0.363. The van der Waals surface area contributed by atoms with Crippen molar-refractivity contribution < 1.29 is 0 Å². The van der Waals surface area contributed by atoms with E-state index in [0.717, 1.165) is 35.7 Å². The van der Waals surface area contributed by atoms with E-state index in [2.05, 4.69) is 24.1 Å². The quantitative estimate of drug-likeness (QED) is 0.496. The second kappa shape index (κ2) is 6.87. The highest BCUT2D eigenvalue weighted by Crippen LogP contribution is 2.37. The molecule has 0 bridgehead atoms. The molecule has 3 rings (SSSR count). The lowest BCUT2D eigenvalue weighted by Gasteiger charge is -2.26. The summed E-state index contributed by atoms with van der Waals surface area (Å²) in [6.07, 6.45) is 1.06. The first kappa shape index (κ1) is 16.2. The van der Waals surface area contributed by atoms with Gasteiger partial charge in [0.1, 0.15) is 0 Å². The van der Waals surface area contributed by atoms with Crippen LogP contribution < -0.4 is 22.1 Å². The van der Waals surface area contributed by atoms with Crippen molar-refractivity contribution in [1.82, 2.24) is 0 Å². The highest BCUT2D eigenvalue weighted by atomic mass is 15.0. The van der Waals surface area contributed by atoms with Crippen LogP contribution in [0, 0.1) is 11.8 Å². The molecule has 24 heavy (non-hydrogen) atoms. The number of benzene rings is 2. The van der Waals surface area contributed by atoms with Crippen LogP contribution in [0.15, 0.2) is 60.7 Å². The summed E-state index contributed by atoms with van der Waals surface area (Å²) in [6, 6.07) is 16.1. The van der Waals surface area contributed by atoms with Crippen molar-refractivity contribution in [2.24, 2.45) is 11.8 Å². The van der Waals surface area contributed by atoms with Crippen molar-refractivity contribution in [2.75, 3.05) is 28.6 Å². The van der Waals surface area contributed by atoms with Crippen molar-refractivity contribution in [3.8, 4) is 0 Å². The van der Waals surface area contributed by atoms with E-state index >= 15 is 0 Å². The standard InChI is InChI=1S/C20H26N4/c1-13-11-14(2)20(24-18-9-5-16(22)6-10-18)19(13)12-23-17-7-3-15(21)4-8-17/h3-10,14,19-20,23-24H,1,11-12,21-22H2,2H3. The van der Waals surface area contributed by atoms with Crippen LogP contribution >= 0.6 is 0 Å². The Morgan fingerprint density at radius 1 is 0.958 bits per heavy atom. The Hall–Kier alpha value is -2.62. The van der Waals surface area contributed by atoms with E-state index in [4.69, 9.17) is 11.5 Å². The molecule has 4 heteroatoms. The second-order valence-corrected chi connectivity index (χ2v) is 6.74. The molecule has 0 amide bonds. The maximum Gasteiger partial charge on any atom is 0.0371 e. The van der Waals surface area contributed by atoms with E-state index in [-0.39, 0.29) is 0 Å². The van der Waals surface area contributed by atoms with Crippen LogP contribution in [-0.2, 0) is 0 Å². The molecule has 1 fully saturated rings. The lowest BCUT2D eigenvalue weighted by atomic mass is 9.96. The first-order valence-electron chi connectivity index (χ1n) is 8.42. The first-order chi connectivity index (χ1) is 11.5. The molecule has 3 atom stereocenters. The second-order valence-electron chi connectivity index (χ2n) is 6.74. The molecule has 0 radical (unpaired) electrons. The molecule has 4 nitrogen and oxygen atoms in total. The maximum atomic E-state index is 5.77. The van der Waals surface area contributed by atoms with E-state index < -0.39 is 0 Å². The van der Waals surface area contributed by atoms with Crippen LogP contribution in [0.4, 0.5) is 22.7 Å². The van der Waals surface area contributed by atoms with Gasteiger partial charge in [-0.1, -0.05) is 19.1 Å². The molecule has 1 aliphatic carbocycles. The number of anilines is 4. The molecule has 2 aromatic rings. The monoisotopic (exact) mass is 322 g/mol. The van der Waals surface area contributed by atoms with E-state index in [1.165, 1.54) is 5.57 Å². The lowest BCUT2D eigenvalue weighted by Crippen LogP contribution is -2.33. The zero-order valence-corrected chi connectivity index (χ0v) is 14.1. The fourth-order valence-corrected chi connectivity index (χ4v) is 3.46. The van der Waals surface area contributed by atoms with Gasteiger partial charge in [-0.2, -0.15) is 0 Å². The Balaban J connectivity index is 1.68. The highest BCUT2D eigenvalue weighted by Gasteiger charge is 2.35. The summed E-state index contributed by atoms with van der Waals surface area (Å²) in [5.74, 6) is 0.934. The molecule has 3 unspecified atom stereocenters. The Bertz CT molecular complexity index is 691. The van der Waals surface area contributed by atoms with Gasteiger partial charge in [-0.05, 0) is 60.9 Å². The van der Waals surface area contributed by atoms with Crippen molar-refractivity contribution in [3.05, 3.63) is 60.7 Å². The zero-order valence-electron chi connectivity index (χ0n) is 14.1. The summed E-state index contributed by atoms with van der Waals surface area (Å²) in [7, 11) is 0. The molecular formula is C20H26N4. The van der Waals surface area contributed by atoms with E-state index in [9.17, 15) is 0 Å². The molecule has 0 spiro atoms. The van der Waals surface area contributed by atoms with Gasteiger partial charge in [0, 0.05) is 41.3 Å². The summed E-state index contributed by atoms with van der Waals surface area (Å²) in [5, 5.41) is 7.18. The number of hydrogen-bond acceptors (Lipinski definition) is 4. The number of nitrogens with one attached hydrogen (secondary N) is 2. The smallest absolute Gasteiger partial charge is 0.0371 e. The van der Waals surface area contributed by atoms with Gasteiger partial charge >= 0.3 is 0 Å². The van der Waals surface area contributed by atoms with Gasteiger partial charge in [-0.3, -0.25) is 0 Å². The predicted molar refractivity (Wildman–Crippen MR) is 104 cm³/mol. The van der Waals surface area contributed by atoms with E-state index in [1.54, 1.807) is 0 Å². The first-order valence-corrected chi connectivity index (χ1v) is 8.42. The van der Waals surface area contributed by atoms with Gasteiger partial charge in [0.15, 0.2) is 0 Å². The summed E-state index contributed by atoms with van der Waals surface area (Å²) < 4.78 is 0. The number of rotatable bonds is 5. The topological polar surface area (TPSA) is 76.1 Å². The van der Waals surface area contributed by atoms with Crippen molar-refractivity contribution >= 4 is 22.7 Å². The minimum Gasteiger partial charge on any atom is -0.399 e. The van der Waals surface area contributed by atoms with Crippen molar-refractivity contribution in [2.45, 2.75) is 19.4 Å². The van der Waals surface area contributed by atoms with Gasteiger partial charge in [0.2, 0.25) is 0 Å². The molecule has 2 aromatic carbocycles. The average Bonchev–Trinajstić information content (AvgIpc) is 2.83. The van der Waals surface area contributed by atoms with Crippen LogP contribution in [0.25, 0.3) is 0 Å². The lowest BCUT2D eigenvalue weighted by molar-refractivity contribution is 0.486. The van der Waals surface area contributed by atoms with E-state index in [0.29, 0.717) is 17.9 Å². The third-order valence-corrected chi connectivity index (χ3v) is 4.84. The van der Waals surface area contributed by atoms with Crippen molar-refractivity contribution in [3.63, 3.8) is 0 Å². The predicted octanol–water partition coefficient (Wildman–Crippen LogP) is 3.96. The van der Waals surface area contributed by atoms with Crippen molar-refractivity contribution in [1.29, 1.82) is 0 Å². The highest BCUT2D eigenvalue weighted by molar-refractivity contribution is 5.53. The minimum atomic E-state index is 0.363. The van der Waals surface area contributed by atoms with Gasteiger partial charge in [-0.15, -0.1) is 0 Å². The third-order valence-electron chi connectivity index (χ3n) is 4.84. The van der Waals surface area contributed by atoms with Crippen LogP contribution in [0.2, 0.25) is 0 Å². The molecule has 1 saturated carbocycles. The Morgan fingerprint density at radius 3 is 2.08 bits per heavy atom. The molecule has 0 aliphatic heterocycles. The number of hydrogen-bond donors (Lipinski definition) is 4. The Morgan fingerprint density at radius 2 is 1.50 bits per heavy atom. The maximum absolute atomic E-state index is 5.77. The summed E-state index contributed by atoms with van der Waals surface area (Å²) in [5.41, 5.74) is 16.6. The molecule has 0 aromatic heterocycles. The van der Waals surface area contributed by atoms with E-state index in [1.807, 2.05) is 48.5 Å². The van der Waals surface area contributed by atoms with Crippen LogP contribution in [0.3, 0.4) is 0 Å². The molecular weight excluding hydrogens is 296 g/mol. The van der Waals surface area contributed by atoms with Crippen LogP contribution in [0.5, 0.6) is 0 Å². The third kappa shape index (κ3) is 3.65. The van der Waals surface area contributed by atoms with Crippen LogP contribution in [-0.4, -0.2) is 12.6 Å². The average molecular weight is 322 g/mol. The van der Waals surface area contributed by atoms with Crippen LogP contribution in [0.1, 0.15) is 13.3 Å².